The highest BCUT2D eigenvalue weighted by Gasteiger charge is 2.36. The van der Waals surface area contributed by atoms with Crippen LogP contribution in [-0.2, 0) is 9.53 Å². The van der Waals surface area contributed by atoms with Crippen LogP contribution in [0.3, 0.4) is 0 Å². The van der Waals surface area contributed by atoms with E-state index in [-0.39, 0.29) is 5.91 Å². The molecular weight excluding hydrogens is 166 g/mol. The standard InChI is InChI=1S/C10H17NO2/c1-4-11(5-2)9(12)10(3)6-7-13-8-10/h6-7H,4-5,8H2,1-3H3. The second-order valence-electron chi connectivity index (χ2n) is 3.51. The maximum atomic E-state index is 11.9. The molecule has 0 radical (unpaired) electrons. The Morgan fingerprint density at radius 1 is 1.54 bits per heavy atom. The van der Waals surface area contributed by atoms with Gasteiger partial charge in [0.05, 0.1) is 6.26 Å². The first-order valence-electron chi connectivity index (χ1n) is 4.72. The van der Waals surface area contributed by atoms with E-state index >= 15 is 0 Å². The quantitative estimate of drug-likeness (QED) is 0.662. The largest absolute Gasteiger partial charge is 0.500 e. The molecule has 1 aliphatic heterocycles. The molecule has 1 rings (SSSR count). The second kappa shape index (κ2) is 3.81. The number of hydrogen-bond donors (Lipinski definition) is 0. The molecule has 13 heavy (non-hydrogen) atoms. The van der Waals surface area contributed by atoms with E-state index in [4.69, 9.17) is 4.74 Å². The predicted molar refractivity (Wildman–Crippen MR) is 51.1 cm³/mol. The Balaban J connectivity index is 2.70. The zero-order valence-corrected chi connectivity index (χ0v) is 8.54. The first-order chi connectivity index (χ1) is 6.14. The van der Waals surface area contributed by atoms with Crippen LogP contribution in [0.1, 0.15) is 20.8 Å². The van der Waals surface area contributed by atoms with Gasteiger partial charge in [0.2, 0.25) is 5.91 Å². The first kappa shape index (κ1) is 10.1. The number of hydrogen-bond acceptors (Lipinski definition) is 2. The van der Waals surface area contributed by atoms with Crippen LogP contribution in [0.15, 0.2) is 12.3 Å². The molecule has 1 atom stereocenters. The normalized spacial score (nSPS) is 25.8. The monoisotopic (exact) mass is 183 g/mol. The highest BCUT2D eigenvalue weighted by atomic mass is 16.5. The van der Waals surface area contributed by atoms with Crippen molar-refractivity contribution in [1.82, 2.24) is 4.90 Å². The third-order valence-corrected chi connectivity index (χ3v) is 2.45. The third kappa shape index (κ3) is 1.85. The molecule has 0 aromatic rings. The van der Waals surface area contributed by atoms with Gasteiger partial charge in [0, 0.05) is 13.1 Å². The van der Waals surface area contributed by atoms with Gasteiger partial charge in [-0.25, -0.2) is 0 Å². The van der Waals surface area contributed by atoms with E-state index in [2.05, 4.69) is 0 Å². The summed E-state index contributed by atoms with van der Waals surface area (Å²) < 4.78 is 5.09. The van der Waals surface area contributed by atoms with Crippen LogP contribution >= 0.6 is 0 Å². The van der Waals surface area contributed by atoms with Crippen molar-refractivity contribution in [2.45, 2.75) is 20.8 Å². The molecule has 1 heterocycles. The van der Waals surface area contributed by atoms with E-state index in [0.717, 1.165) is 13.1 Å². The number of nitrogens with zero attached hydrogens (tertiary/aromatic N) is 1. The van der Waals surface area contributed by atoms with E-state index < -0.39 is 5.41 Å². The molecule has 0 saturated carbocycles. The highest BCUT2D eigenvalue weighted by Crippen LogP contribution is 2.26. The van der Waals surface area contributed by atoms with Crippen molar-refractivity contribution in [2.75, 3.05) is 19.7 Å². The zero-order valence-electron chi connectivity index (χ0n) is 8.54. The van der Waals surface area contributed by atoms with Crippen molar-refractivity contribution in [1.29, 1.82) is 0 Å². The summed E-state index contributed by atoms with van der Waals surface area (Å²) in [5.74, 6) is 0.159. The van der Waals surface area contributed by atoms with Crippen LogP contribution in [0, 0.1) is 5.41 Å². The minimum atomic E-state index is -0.438. The fraction of sp³-hybridized carbons (Fsp3) is 0.700. The Morgan fingerprint density at radius 2 is 2.15 bits per heavy atom. The van der Waals surface area contributed by atoms with Crippen LogP contribution in [0.5, 0.6) is 0 Å². The Kier molecular flexibility index (Phi) is 2.96. The molecule has 0 spiro atoms. The van der Waals surface area contributed by atoms with E-state index in [1.807, 2.05) is 31.7 Å². The molecule has 74 valence electrons. The van der Waals surface area contributed by atoms with Gasteiger partial charge in [-0.15, -0.1) is 0 Å². The molecule has 0 bridgehead atoms. The van der Waals surface area contributed by atoms with Crippen LogP contribution in [0.4, 0.5) is 0 Å². The van der Waals surface area contributed by atoms with Gasteiger partial charge in [-0.1, -0.05) is 0 Å². The summed E-state index contributed by atoms with van der Waals surface area (Å²) >= 11 is 0. The molecule has 3 nitrogen and oxygen atoms in total. The zero-order chi connectivity index (χ0) is 9.90. The average molecular weight is 183 g/mol. The molecule has 1 amide bonds. The molecule has 3 heteroatoms. The molecule has 0 aromatic carbocycles. The summed E-state index contributed by atoms with van der Waals surface area (Å²) in [7, 11) is 0. The molecular formula is C10H17NO2. The molecule has 0 saturated heterocycles. The fourth-order valence-corrected chi connectivity index (χ4v) is 1.47. The number of carbonyl (C=O) groups excluding carboxylic acids is 1. The van der Waals surface area contributed by atoms with Crippen LogP contribution < -0.4 is 0 Å². The Bertz CT molecular complexity index is 221. The van der Waals surface area contributed by atoms with Gasteiger partial charge >= 0.3 is 0 Å². The average Bonchev–Trinajstić information content (AvgIpc) is 2.55. The van der Waals surface area contributed by atoms with Gasteiger partial charge in [0.15, 0.2) is 0 Å². The lowest BCUT2D eigenvalue weighted by Gasteiger charge is -2.27. The van der Waals surface area contributed by atoms with Crippen molar-refractivity contribution in [3.8, 4) is 0 Å². The van der Waals surface area contributed by atoms with Gasteiger partial charge in [0.1, 0.15) is 12.0 Å². The number of ether oxygens (including phenoxy) is 1. The van der Waals surface area contributed by atoms with Crippen molar-refractivity contribution in [2.24, 2.45) is 5.41 Å². The molecule has 1 aliphatic rings. The Hall–Kier alpha value is -0.990. The van der Waals surface area contributed by atoms with Crippen LogP contribution in [0.2, 0.25) is 0 Å². The lowest BCUT2D eigenvalue weighted by atomic mass is 9.91. The van der Waals surface area contributed by atoms with Gasteiger partial charge in [-0.3, -0.25) is 4.79 Å². The Morgan fingerprint density at radius 3 is 2.54 bits per heavy atom. The summed E-state index contributed by atoms with van der Waals surface area (Å²) in [5.41, 5.74) is -0.438. The first-order valence-corrected chi connectivity index (χ1v) is 4.72. The van der Waals surface area contributed by atoms with Gasteiger partial charge in [-0.2, -0.15) is 0 Å². The molecule has 1 unspecified atom stereocenters. The molecule has 0 aromatic heterocycles. The lowest BCUT2D eigenvalue weighted by Crippen LogP contribution is -2.42. The summed E-state index contributed by atoms with van der Waals surface area (Å²) in [6.45, 7) is 7.89. The summed E-state index contributed by atoms with van der Waals surface area (Å²) in [6.07, 6.45) is 3.45. The van der Waals surface area contributed by atoms with E-state index in [1.165, 1.54) is 0 Å². The van der Waals surface area contributed by atoms with Crippen molar-refractivity contribution >= 4 is 5.91 Å². The topological polar surface area (TPSA) is 29.5 Å². The van der Waals surface area contributed by atoms with Gasteiger partial charge < -0.3 is 9.64 Å². The van der Waals surface area contributed by atoms with Gasteiger partial charge in [-0.05, 0) is 26.8 Å². The fourth-order valence-electron chi connectivity index (χ4n) is 1.47. The smallest absolute Gasteiger partial charge is 0.235 e. The highest BCUT2D eigenvalue weighted by molar-refractivity contribution is 5.84. The van der Waals surface area contributed by atoms with E-state index in [0.29, 0.717) is 6.61 Å². The minimum Gasteiger partial charge on any atom is -0.500 e. The van der Waals surface area contributed by atoms with E-state index in [9.17, 15) is 4.79 Å². The van der Waals surface area contributed by atoms with Crippen molar-refractivity contribution in [3.05, 3.63) is 12.3 Å². The number of rotatable bonds is 3. The van der Waals surface area contributed by atoms with Crippen molar-refractivity contribution < 1.29 is 9.53 Å². The minimum absolute atomic E-state index is 0.159. The summed E-state index contributed by atoms with van der Waals surface area (Å²) in [6, 6.07) is 0. The number of carbonyl (C=O) groups is 1. The van der Waals surface area contributed by atoms with Gasteiger partial charge in [0.25, 0.3) is 0 Å². The van der Waals surface area contributed by atoms with E-state index in [1.54, 1.807) is 6.26 Å². The molecule has 0 fully saturated rings. The molecule has 0 N–H and O–H groups in total. The SMILES string of the molecule is CCN(CC)C(=O)C1(C)C=COC1. The van der Waals surface area contributed by atoms with Crippen LogP contribution in [0.25, 0.3) is 0 Å². The number of amides is 1. The van der Waals surface area contributed by atoms with Crippen molar-refractivity contribution in [3.63, 3.8) is 0 Å². The molecule has 0 aliphatic carbocycles. The third-order valence-electron chi connectivity index (χ3n) is 2.45. The predicted octanol–water partition coefficient (Wildman–Crippen LogP) is 1.41. The lowest BCUT2D eigenvalue weighted by molar-refractivity contribution is -0.139. The summed E-state index contributed by atoms with van der Waals surface area (Å²) in [4.78, 5) is 13.8. The second-order valence-corrected chi connectivity index (χ2v) is 3.51. The van der Waals surface area contributed by atoms with Crippen LogP contribution in [-0.4, -0.2) is 30.5 Å². The maximum absolute atomic E-state index is 11.9. The summed E-state index contributed by atoms with van der Waals surface area (Å²) in [5, 5.41) is 0. The Labute approximate surface area is 79.4 Å². The maximum Gasteiger partial charge on any atom is 0.235 e.